The lowest BCUT2D eigenvalue weighted by Gasteiger charge is -2.03. The summed E-state index contributed by atoms with van der Waals surface area (Å²) in [6.07, 6.45) is 1.52. The Morgan fingerprint density at radius 2 is 2.22 bits per heavy atom. The van der Waals surface area contributed by atoms with Gasteiger partial charge >= 0.3 is 0 Å². The lowest BCUT2D eigenvalue weighted by Crippen LogP contribution is -2.21. The average molecular weight is 266 g/mol. The van der Waals surface area contributed by atoms with Gasteiger partial charge < -0.3 is 10.3 Å². The van der Waals surface area contributed by atoms with Crippen molar-refractivity contribution in [3.8, 4) is 11.5 Å². The highest BCUT2D eigenvalue weighted by molar-refractivity contribution is 6.30. The van der Waals surface area contributed by atoms with E-state index in [-0.39, 0.29) is 6.04 Å². The molecule has 2 aromatic rings. The maximum atomic E-state index is 5.91. The fraction of sp³-hybridized carbons (Fsp3) is 0.385. The number of halogens is 1. The summed E-state index contributed by atoms with van der Waals surface area (Å²) in [4.78, 5) is 4.36. The van der Waals surface area contributed by atoms with Crippen LogP contribution in [0.25, 0.3) is 11.5 Å². The van der Waals surface area contributed by atoms with Crippen molar-refractivity contribution in [3.05, 3.63) is 34.6 Å². The quantitative estimate of drug-likeness (QED) is 0.923. The molecule has 0 spiro atoms. The number of hydrogen-bond donors (Lipinski definition) is 1. The van der Waals surface area contributed by atoms with Crippen molar-refractivity contribution in [2.45, 2.75) is 32.7 Å². The van der Waals surface area contributed by atoms with Crippen LogP contribution >= 0.6 is 11.6 Å². The van der Waals surface area contributed by atoms with Crippen molar-refractivity contribution < 1.29 is 4.52 Å². The highest BCUT2D eigenvalue weighted by Gasteiger charge is 2.13. The molecule has 4 nitrogen and oxygen atoms in total. The van der Waals surface area contributed by atoms with Crippen LogP contribution in [0.5, 0.6) is 0 Å². The van der Waals surface area contributed by atoms with E-state index >= 15 is 0 Å². The third kappa shape index (κ3) is 2.89. The Bertz CT molecular complexity index is 539. The van der Waals surface area contributed by atoms with E-state index in [1.807, 2.05) is 32.0 Å². The Labute approximate surface area is 111 Å². The first kappa shape index (κ1) is 13.1. The standard InChI is InChI=1S/C13H16ClN3O/c1-3-10(15)7-12-16-13(18-17-12)11-5-4-9(14)6-8(11)2/h4-6,10H,3,7,15H2,1-2H3. The molecule has 2 N–H and O–H groups in total. The molecule has 1 aromatic carbocycles. The number of nitrogens with zero attached hydrogens (tertiary/aromatic N) is 2. The first-order valence-corrected chi connectivity index (χ1v) is 6.32. The molecule has 1 aromatic heterocycles. The third-order valence-corrected chi connectivity index (χ3v) is 3.09. The molecule has 1 atom stereocenters. The van der Waals surface area contributed by atoms with Crippen LogP contribution in [0.2, 0.25) is 5.02 Å². The second-order valence-electron chi connectivity index (χ2n) is 4.35. The number of aryl methyl sites for hydroxylation is 1. The second kappa shape index (κ2) is 5.50. The Balaban J connectivity index is 2.24. The summed E-state index contributed by atoms with van der Waals surface area (Å²) in [7, 11) is 0. The number of benzene rings is 1. The molecule has 0 aliphatic rings. The van der Waals surface area contributed by atoms with Gasteiger partial charge in [0.25, 0.3) is 5.89 Å². The molecule has 1 unspecified atom stereocenters. The molecule has 0 saturated heterocycles. The molecule has 0 aliphatic heterocycles. The first-order valence-electron chi connectivity index (χ1n) is 5.95. The van der Waals surface area contributed by atoms with Crippen LogP contribution in [-0.2, 0) is 6.42 Å². The van der Waals surface area contributed by atoms with Gasteiger partial charge in [-0.25, -0.2) is 0 Å². The normalized spacial score (nSPS) is 12.7. The lowest BCUT2D eigenvalue weighted by molar-refractivity contribution is 0.419. The Morgan fingerprint density at radius 1 is 1.44 bits per heavy atom. The zero-order chi connectivity index (χ0) is 13.1. The minimum atomic E-state index is 0.0711. The van der Waals surface area contributed by atoms with E-state index in [0.717, 1.165) is 17.5 Å². The van der Waals surface area contributed by atoms with Crippen molar-refractivity contribution in [2.75, 3.05) is 0 Å². The van der Waals surface area contributed by atoms with Gasteiger partial charge in [-0.3, -0.25) is 0 Å². The van der Waals surface area contributed by atoms with Gasteiger partial charge in [-0.2, -0.15) is 4.98 Å². The van der Waals surface area contributed by atoms with Crippen LogP contribution < -0.4 is 5.73 Å². The van der Waals surface area contributed by atoms with Crippen LogP contribution in [0.1, 0.15) is 24.7 Å². The van der Waals surface area contributed by atoms with E-state index in [1.54, 1.807) is 0 Å². The fourth-order valence-electron chi connectivity index (χ4n) is 1.69. The van der Waals surface area contributed by atoms with E-state index in [2.05, 4.69) is 10.1 Å². The summed E-state index contributed by atoms with van der Waals surface area (Å²) >= 11 is 5.91. The highest BCUT2D eigenvalue weighted by Crippen LogP contribution is 2.24. The van der Waals surface area contributed by atoms with Crippen molar-refractivity contribution in [1.82, 2.24) is 10.1 Å². The molecular formula is C13H16ClN3O. The van der Waals surface area contributed by atoms with Gasteiger partial charge in [-0.1, -0.05) is 23.7 Å². The predicted octanol–water partition coefficient (Wildman–Crippen LogP) is 2.98. The topological polar surface area (TPSA) is 64.9 Å². The second-order valence-corrected chi connectivity index (χ2v) is 4.78. The smallest absolute Gasteiger partial charge is 0.258 e. The monoisotopic (exact) mass is 265 g/mol. The number of hydrogen-bond acceptors (Lipinski definition) is 4. The van der Waals surface area contributed by atoms with Crippen molar-refractivity contribution in [3.63, 3.8) is 0 Å². The van der Waals surface area contributed by atoms with Gasteiger partial charge in [0.15, 0.2) is 5.82 Å². The summed E-state index contributed by atoms with van der Waals surface area (Å²) in [5.74, 6) is 1.16. The third-order valence-electron chi connectivity index (χ3n) is 2.86. The van der Waals surface area contributed by atoms with Gasteiger partial charge in [0.05, 0.1) is 0 Å². The summed E-state index contributed by atoms with van der Waals surface area (Å²) in [5.41, 5.74) is 7.78. The molecule has 0 saturated carbocycles. The molecule has 0 radical (unpaired) electrons. The van der Waals surface area contributed by atoms with Gasteiger partial charge in [-0.05, 0) is 37.1 Å². The average Bonchev–Trinajstić information content (AvgIpc) is 2.77. The zero-order valence-corrected chi connectivity index (χ0v) is 11.2. The molecular weight excluding hydrogens is 250 g/mol. The number of aromatic nitrogens is 2. The minimum Gasteiger partial charge on any atom is -0.334 e. The van der Waals surface area contributed by atoms with E-state index in [4.69, 9.17) is 21.9 Å². The molecule has 0 fully saturated rings. The highest BCUT2D eigenvalue weighted by atomic mass is 35.5. The predicted molar refractivity (Wildman–Crippen MR) is 71.5 cm³/mol. The van der Waals surface area contributed by atoms with E-state index in [1.165, 1.54) is 0 Å². The van der Waals surface area contributed by atoms with Crippen LogP contribution in [0, 0.1) is 6.92 Å². The molecule has 0 amide bonds. The van der Waals surface area contributed by atoms with Crippen LogP contribution in [0.15, 0.2) is 22.7 Å². The molecule has 0 bridgehead atoms. The summed E-state index contributed by atoms with van der Waals surface area (Å²) in [5, 5.41) is 4.64. The van der Waals surface area contributed by atoms with Gasteiger partial charge in [0.1, 0.15) is 0 Å². The SMILES string of the molecule is CCC(N)Cc1noc(-c2ccc(Cl)cc2C)n1. The summed E-state index contributed by atoms with van der Waals surface area (Å²) in [6, 6.07) is 5.64. The Kier molecular flexibility index (Phi) is 3.99. The zero-order valence-electron chi connectivity index (χ0n) is 10.5. The largest absolute Gasteiger partial charge is 0.334 e. The van der Waals surface area contributed by atoms with E-state index in [9.17, 15) is 0 Å². The fourth-order valence-corrected chi connectivity index (χ4v) is 1.92. The first-order chi connectivity index (χ1) is 8.60. The molecule has 2 rings (SSSR count). The van der Waals surface area contributed by atoms with Crippen LogP contribution in [-0.4, -0.2) is 16.2 Å². The Morgan fingerprint density at radius 3 is 2.89 bits per heavy atom. The Hall–Kier alpha value is -1.39. The summed E-state index contributed by atoms with van der Waals surface area (Å²) in [6.45, 7) is 4.00. The van der Waals surface area contributed by atoms with Crippen molar-refractivity contribution in [1.29, 1.82) is 0 Å². The summed E-state index contributed by atoms with van der Waals surface area (Å²) < 4.78 is 5.26. The molecule has 0 aliphatic carbocycles. The lowest BCUT2D eigenvalue weighted by atomic mass is 10.1. The molecule has 18 heavy (non-hydrogen) atoms. The minimum absolute atomic E-state index is 0.0711. The maximum Gasteiger partial charge on any atom is 0.258 e. The van der Waals surface area contributed by atoms with Crippen molar-refractivity contribution >= 4 is 11.6 Å². The number of nitrogens with two attached hydrogens (primary N) is 1. The molecule has 96 valence electrons. The maximum absolute atomic E-state index is 5.91. The van der Waals surface area contributed by atoms with E-state index < -0.39 is 0 Å². The molecule has 1 heterocycles. The van der Waals surface area contributed by atoms with Crippen LogP contribution in [0.4, 0.5) is 0 Å². The van der Waals surface area contributed by atoms with Gasteiger partial charge in [0, 0.05) is 23.0 Å². The van der Waals surface area contributed by atoms with Crippen LogP contribution in [0.3, 0.4) is 0 Å². The molecule has 5 heteroatoms. The van der Waals surface area contributed by atoms with Crippen molar-refractivity contribution in [2.24, 2.45) is 5.73 Å². The van der Waals surface area contributed by atoms with Gasteiger partial charge in [-0.15, -0.1) is 0 Å². The van der Waals surface area contributed by atoms with E-state index in [0.29, 0.717) is 23.2 Å². The number of rotatable bonds is 4. The van der Waals surface area contributed by atoms with Gasteiger partial charge in [0.2, 0.25) is 0 Å².